The molecule has 0 saturated carbocycles. The highest BCUT2D eigenvalue weighted by molar-refractivity contribution is 5.57. The number of nitrogens with zero attached hydrogens (tertiary/aromatic N) is 2. The van der Waals surface area contributed by atoms with Gasteiger partial charge in [0, 0.05) is 31.3 Å². The summed E-state index contributed by atoms with van der Waals surface area (Å²) in [6, 6.07) is 5.79. The molecule has 0 atom stereocenters. The van der Waals surface area contributed by atoms with Crippen molar-refractivity contribution in [1.29, 1.82) is 0 Å². The van der Waals surface area contributed by atoms with Crippen molar-refractivity contribution in [3.05, 3.63) is 35.7 Å². The first-order valence-corrected chi connectivity index (χ1v) is 5.04. The Bertz CT molecular complexity index is 464. The van der Waals surface area contributed by atoms with E-state index in [9.17, 15) is 0 Å². The molecule has 2 aromatic rings. The second kappa shape index (κ2) is 3.47. The third-order valence-electron chi connectivity index (χ3n) is 2.61. The maximum absolute atomic E-state index is 5.35. The minimum atomic E-state index is 0.804. The van der Waals surface area contributed by atoms with Gasteiger partial charge in [-0.2, -0.15) is 0 Å². The van der Waals surface area contributed by atoms with Crippen LogP contribution >= 0.6 is 0 Å². The van der Waals surface area contributed by atoms with E-state index in [-0.39, 0.29) is 0 Å². The number of hydrogen-bond donors (Lipinski definition) is 1. The molecule has 0 saturated heterocycles. The van der Waals surface area contributed by atoms with Gasteiger partial charge in [0.1, 0.15) is 5.69 Å². The largest absolute Gasteiger partial charge is 0.354 e. The smallest absolute Gasteiger partial charge is 0.189 e. The van der Waals surface area contributed by atoms with Gasteiger partial charge in [0.15, 0.2) is 5.76 Å². The molecule has 1 aliphatic heterocycles. The van der Waals surface area contributed by atoms with Gasteiger partial charge in [-0.3, -0.25) is 4.98 Å². The van der Waals surface area contributed by atoms with Crippen molar-refractivity contribution < 1.29 is 4.52 Å². The molecule has 0 aromatic carbocycles. The summed E-state index contributed by atoms with van der Waals surface area (Å²) in [4.78, 5) is 4.27. The Morgan fingerprint density at radius 2 is 2.33 bits per heavy atom. The Morgan fingerprint density at radius 3 is 3.20 bits per heavy atom. The van der Waals surface area contributed by atoms with Gasteiger partial charge < -0.3 is 9.84 Å². The van der Waals surface area contributed by atoms with Crippen molar-refractivity contribution >= 4 is 0 Å². The molecule has 2 aromatic heterocycles. The Labute approximate surface area is 87.3 Å². The van der Waals surface area contributed by atoms with Crippen LogP contribution in [-0.4, -0.2) is 16.7 Å². The fraction of sp³-hybridized carbons (Fsp3) is 0.273. The quantitative estimate of drug-likeness (QED) is 0.757. The predicted molar refractivity (Wildman–Crippen MR) is 55.1 cm³/mol. The summed E-state index contributed by atoms with van der Waals surface area (Å²) >= 11 is 0. The van der Waals surface area contributed by atoms with E-state index in [1.54, 1.807) is 6.20 Å². The molecule has 1 aliphatic rings. The molecular weight excluding hydrogens is 190 g/mol. The van der Waals surface area contributed by atoms with Crippen molar-refractivity contribution in [2.24, 2.45) is 0 Å². The van der Waals surface area contributed by atoms with Crippen LogP contribution in [0.25, 0.3) is 11.5 Å². The summed E-state index contributed by atoms with van der Waals surface area (Å²) in [5.41, 5.74) is 3.07. The van der Waals surface area contributed by atoms with Gasteiger partial charge in [0.2, 0.25) is 0 Å². The topological polar surface area (TPSA) is 51.0 Å². The van der Waals surface area contributed by atoms with Gasteiger partial charge in [-0.05, 0) is 12.1 Å². The van der Waals surface area contributed by atoms with Gasteiger partial charge in [0.05, 0.1) is 5.69 Å². The van der Waals surface area contributed by atoms with Crippen LogP contribution in [0, 0.1) is 0 Å². The average molecular weight is 201 g/mol. The number of fused-ring (bicyclic) bond motifs is 1. The molecule has 3 heterocycles. The molecule has 1 N–H and O–H groups in total. The maximum Gasteiger partial charge on any atom is 0.189 e. The van der Waals surface area contributed by atoms with Crippen LogP contribution in [0.15, 0.2) is 28.9 Å². The SMILES string of the molecule is c1ccc(-c2onc3c2CNCC3)nc1. The molecule has 0 spiro atoms. The number of rotatable bonds is 1. The third-order valence-corrected chi connectivity index (χ3v) is 2.61. The monoisotopic (exact) mass is 201 g/mol. The van der Waals surface area contributed by atoms with Gasteiger partial charge in [-0.1, -0.05) is 11.2 Å². The first-order chi connectivity index (χ1) is 7.45. The summed E-state index contributed by atoms with van der Waals surface area (Å²) in [5, 5.41) is 7.39. The molecule has 0 fully saturated rings. The lowest BCUT2D eigenvalue weighted by Gasteiger charge is -2.10. The Balaban J connectivity index is 2.09. The van der Waals surface area contributed by atoms with E-state index in [4.69, 9.17) is 4.52 Å². The van der Waals surface area contributed by atoms with Gasteiger partial charge in [-0.25, -0.2) is 0 Å². The van der Waals surface area contributed by atoms with E-state index in [0.717, 1.165) is 42.2 Å². The van der Waals surface area contributed by atoms with Gasteiger partial charge >= 0.3 is 0 Å². The van der Waals surface area contributed by atoms with Crippen molar-refractivity contribution in [2.75, 3.05) is 6.54 Å². The first kappa shape index (κ1) is 8.61. The Morgan fingerprint density at radius 1 is 1.33 bits per heavy atom. The Kier molecular flexibility index (Phi) is 1.99. The standard InChI is InChI=1S/C11H11N3O/c1-2-5-13-10(3-1)11-8-7-12-6-4-9(8)14-15-11/h1-3,5,12H,4,6-7H2. The molecule has 0 radical (unpaired) electrons. The van der Waals surface area contributed by atoms with Crippen molar-refractivity contribution in [2.45, 2.75) is 13.0 Å². The number of aromatic nitrogens is 2. The zero-order valence-corrected chi connectivity index (χ0v) is 8.23. The zero-order valence-electron chi connectivity index (χ0n) is 8.23. The predicted octanol–water partition coefficient (Wildman–Crippen LogP) is 1.38. The molecule has 4 nitrogen and oxygen atoms in total. The molecular formula is C11H11N3O. The van der Waals surface area contributed by atoms with Gasteiger partial charge in [0.25, 0.3) is 0 Å². The first-order valence-electron chi connectivity index (χ1n) is 5.04. The lowest BCUT2D eigenvalue weighted by molar-refractivity contribution is 0.422. The van der Waals surface area contributed by atoms with Crippen LogP contribution in [0.2, 0.25) is 0 Å². The minimum absolute atomic E-state index is 0.804. The number of hydrogen-bond acceptors (Lipinski definition) is 4. The second-order valence-electron chi connectivity index (χ2n) is 3.58. The summed E-state index contributed by atoms with van der Waals surface area (Å²) in [5.74, 6) is 0.804. The summed E-state index contributed by atoms with van der Waals surface area (Å²) in [6.45, 7) is 1.80. The highest BCUT2D eigenvalue weighted by Gasteiger charge is 2.20. The van der Waals surface area contributed by atoms with Crippen molar-refractivity contribution in [3.63, 3.8) is 0 Å². The van der Waals surface area contributed by atoms with E-state index >= 15 is 0 Å². The summed E-state index contributed by atoms with van der Waals surface area (Å²) in [6.07, 6.45) is 2.70. The molecule has 76 valence electrons. The van der Waals surface area contributed by atoms with Crippen LogP contribution in [0.5, 0.6) is 0 Å². The lowest BCUT2D eigenvalue weighted by Crippen LogP contribution is -2.23. The normalized spacial score (nSPS) is 14.9. The molecule has 15 heavy (non-hydrogen) atoms. The van der Waals surface area contributed by atoms with Crippen molar-refractivity contribution in [1.82, 2.24) is 15.5 Å². The fourth-order valence-corrected chi connectivity index (χ4v) is 1.84. The maximum atomic E-state index is 5.35. The van der Waals surface area contributed by atoms with Gasteiger partial charge in [-0.15, -0.1) is 0 Å². The second-order valence-corrected chi connectivity index (χ2v) is 3.58. The van der Waals surface area contributed by atoms with E-state index < -0.39 is 0 Å². The molecule has 0 aliphatic carbocycles. The van der Waals surface area contributed by atoms with Crippen molar-refractivity contribution in [3.8, 4) is 11.5 Å². The lowest BCUT2D eigenvalue weighted by atomic mass is 10.1. The number of nitrogens with one attached hydrogen (secondary N) is 1. The third kappa shape index (κ3) is 1.43. The zero-order chi connectivity index (χ0) is 10.1. The van der Waals surface area contributed by atoms with Crippen LogP contribution in [0.4, 0.5) is 0 Å². The minimum Gasteiger partial charge on any atom is -0.354 e. The average Bonchev–Trinajstić information content (AvgIpc) is 2.74. The Hall–Kier alpha value is -1.68. The molecule has 3 rings (SSSR count). The van der Waals surface area contributed by atoms with Crippen LogP contribution < -0.4 is 5.32 Å². The molecule has 0 bridgehead atoms. The van der Waals surface area contributed by atoms with E-state index in [2.05, 4.69) is 15.5 Å². The van der Waals surface area contributed by atoms with E-state index in [1.165, 1.54) is 0 Å². The van der Waals surface area contributed by atoms with Crippen LogP contribution in [-0.2, 0) is 13.0 Å². The number of pyridine rings is 1. The fourth-order valence-electron chi connectivity index (χ4n) is 1.84. The summed E-state index contributed by atoms with van der Waals surface area (Å²) < 4.78 is 5.35. The van der Waals surface area contributed by atoms with E-state index in [0.29, 0.717) is 0 Å². The van der Waals surface area contributed by atoms with Crippen LogP contribution in [0.3, 0.4) is 0 Å². The van der Waals surface area contributed by atoms with E-state index in [1.807, 2.05) is 18.2 Å². The molecule has 0 unspecified atom stereocenters. The highest BCUT2D eigenvalue weighted by Crippen LogP contribution is 2.26. The van der Waals surface area contributed by atoms with Crippen LogP contribution in [0.1, 0.15) is 11.3 Å². The highest BCUT2D eigenvalue weighted by atomic mass is 16.5. The molecule has 0 amide bonds. The molecule has 4 heteroatoms. The summed E-state index contributed by atoms with van der Waals surface area (Å²) in [7, 11) is 0.